The molecule has 39 heavy (non-hydrogen) atoms. The normalized spacial score (nSPS) is 13.1. The minimum Gasteiger partial charge on any atom is -0.455 e. The molecule has 0 spiro atoms. The smallest absolute Gasteiger partial charge is 0.228 e. The zero-order chi connectivity index (χ0) is 27.8. The van der Waals surface area contributed by atoms with E-state index in [9.17, 15) is 0 Å². The second-order valence-electron chi connectivity index (χ2n) is 13.7. The summed E-state index contributed by atoms with van der Waals surface area (Å²) in [5, 5.41) is 7.82. The Hall–Kier alpha value is -3.39. The molecule has 2 heteroatoms. The van der Waals surface area contributed by atoms with Crippen LogP contribution in [0.3, 0.4) is 0 Å². The number of pyridine rings is 1. The van der Waals surface area contributed by atoms with Crippen molar-refractivity contribution in [1.82, 2.24) is 0 Å². The molecule has 0 amide bonds. The molecular weight excluding hydrogens is 474 g/mol. The highest BCUT2D eigenvalue weighted by Gasteiger charge is 2.34. The molecule has 1 aromatic heterocycles. The molecule has 0 bridgehead atoms. The Kier molecular flexibility index (Phi) is 6.02. The van der Waals surface area contributed by atoms with Gasteiger partial charge < -0.3 is 4.74 Å². The number of aryl methyl sites for hydroxylation is 2. The van der Waals surface area contributed by atoms with Gasteiger partial charge in [0.15, 0.2) is 6.20 Å². The zero-order valence-electron chi connectivity index (χ0n) is 25.1. The van der Waals surface area contributed by atoms with Crippen LogP contribution in [0, 0.1) is 18.3 Å². The van der Waals surface area contributed by atoms with E-state index in [2.05, 4.69) is 122 Å². The van der Waals surface area contributed by atoms with E-state index >= 15 is 0 Å². The molecule has 0 atom stereocenters. The van der Waals surface area contributed by atoms with Gasteiger partial charge in [-0.1, -0.05) is 84.9 Å². The lowest BCUT2D eigenvalue weighted by Crippen LogP contribution is -2.32. The summed E-state index contributed by atoms with van der Waals surface area (Å²) < 4.78 is 9.34. The van der Waals surface area contributed by atoms with Crippen molar-refractivity contribution in [3.63, 3.8) is 0 Å². The molecule has 5 aromatic rings. The summed E-state index contributed by atoms with van der Waals surface area (Å²) in [5.41, 5.74) is 8.22. The third-order valence-corrected chi connectivity index (χ3v) is 8.36. The van der Waals surface area contributed by atoms with Crippen molar-refractivity contribution >= 4 is 32.3 Å². The van der Waals surface area contributed by atoms with E-state index in [1.165, 1.54) is 65.8 Å². The number of ether oxygens (including phenoxy) is 1. The number of fused-ring (bicyclic) bond motifs is 5. The summed E-state index contributed by atoms with van der Waals surface area (Å²) in [6.45, 7) is 18.5. The minimum atomic E-state index is 0.242. The van der Waals surface area contributed by atoms with Gasteiger partial charge in [-0.25, -0.2) is 4.57 Å². The Bertz CT molecular complexity index is 1780. The standard InChI is InChI=1S/C37H42NO/c1-21(2)17-30-27-14-13-24(20-37(6,7)8)18-29(27)23(5)32-35-34-28(15-16-38(35)9)33-25(19-31(34)39-36(30)32)11-10-12-26(33)22(3)4/h10-16,18-19,21-22H,17,20H2,1-9H3/q+1. The fourth-order valence-corrected chi connectivity index (χ4v) is 6.79. The lowest BCUT2D eigenvalue weighted by atomic mass is 9.83. The van der Waals surface area contributed by atoms with Crippen molar-refractivity contribution in [2.75, 3.05) is 0 Å². The van der Waals surface area contributed by atoms with Gasteiger partial charge in [-0.3, -0.25) is 0 Å². The highest BCUT2D eigenvalue weighted by atomic mass is 16.5. The van der Waals surface area contributed by atoms with Gasteiger partial charge in [-0.15, -0.1) is 0 Å². The van der Waals surface area contributed by atoms with Crippen LogP contribution in [0.5, 0.6) is 11.5 Å². The van der Waals surface area contributed by atoms with E-state index in [1.807, 2.05) is 0 Å². The van der Waals surface area contributed by atoms with Gasteiger partial charge in [0.2, 0.25) is 5.69 Å². The van der Waals surface area contributed by atoms with Crippen LogP contribution < -0.4 is 9.30 Å². The Morgan fingerprint density at radius 1 is 0.872 bits per heavy atom. The first-order valence-corrected chi connectivity index (χ1v) is 14.6. The average Bonchev–Trinajstić information content (AvgIpc) is 2.86. The maximum Gasteiger partial charge on any atom is 0.228 e. The quantitative estimate of drug-likeness (QED) is 0.168. The van der Waals surface area contributed by atoms with Crippen molar-refractivity contribution in [3.8, 4) is 22.8 Å². The van der Waals surface area contributed by atoms with Gasteiger partial charge in [0.25, 0.3) is 0 Å². The fraction of sp³-hybridized carbons (Fsp3) is 0.378. The number of nitrogens with zero attached hydrogens (tertiary/aromatic N) is 1. The van der Waals surface area contributed by atoms with Crippen molar-refractivity contribution < 1.29 is 9.30 Å². The van der Waals surface area contributed by atoms with Crippen LogP contribution in [0.4, 0.5) is 0 Å². The largest absolute Gasteiger partial charge is 0.455 e. The Morgan fingerprint density at radius 3 is 2.33 bits per heavy atom. The molecule has 0 N–H and O–H groups in total. The lowest BCUT2D eigenvalue weighted by Gasteiger charge is -2.27. The fourth-order valence-electron chi connectivity index (χ4n) is 6.79. The number of benzene rings is 4. The maximum absolute atomic E-state index is 7.03. The summed E-state index contributed by atoms with van der Waals surface area (Å²) in [6, 6.07) is 18.4. The van der Waals surface area contributed by atoms with Crippen molar-refractivity contribution in [2.24, 2.45) is 18.4 Å². The number of hydrogen-bond acceptors (Lipinski definition) is 1. The topological polar surface area (TPSA) is 13.1 Å². The van der Waals surface area contributed by atoms with Crippen LogP contribution in [0.1, 0.15) is 76.6 Å². The molecule has 0 unspecified atom stereocenters. The number of aromatic nitrogens is 1. The molecule has 6 rings (SSSR count). The molecule has 0 saturated carbocycles. The van der Waals surface area contributed by atoms with Crippen molar-refractivity contribution in [3.05, 3.63) is 77.0 Å². The van der Waals surface area contributed by atoms with E-state index < -0.39 is 0 Å². The molecule has 0 saturated heterocycles. The van der Waals surface area contributed by atoms with Gasteiger partial charge in [-0.2, -0.15) is 0 Å². The molecule has 4 aromatic carbocycles. The molecule has 0 radical (unpaired) electrons. The molecule has 2 heterocycles. The molecule has 0 fully saturated rings. The van der Waals surface area contributed by atoms with Gasteiger partial charge >= 0.3 is 0 Å². The Labute approximate surface area is 233 Å². The second-order valence-corrected chi connectivity index (χ2v) is 13.7. The minimum absolute atomic E-state index is 0.242. The van der Waals surface area contributed by atoms with E-state index in [0.717, 1.165) is 24.3 Å². The van der Waals surface area contributed by atoms with Crippen LogP contribution in [-0.4, -0.2) is 0 Å². The van der Waals surface area contributed by atoms with Gasteiger partial charge in [0, 0.05) is 17.0 Å². The first kappa shape index (κ1) is 25.9. The molecule has 1 aliphatic heterocycles. The van der Waals surface area contributed by atoms with E-state index in [1.54, 1.807) is 0 Å². The second kappa shape index (κ2) is 9.08. The van der Waals surface area contributed by atoms with E-state index in [-0.39, 0.29) is 5.41 Å². The summed E-state index contributed by atoms with van der Waals surface area (Å²) in [5.74, 6) is 2.99. The van der Waals surface area contributed by atoms with Crippen LogP contribution in [-0.2, 0) is 19.9 Å². The zero-order valence-corrected chi connectivity index (χ0v) is 25.1. The molecule has 1 aliphatic rings. The SMILES string of the molecule is Cc1c2c(c(CC(C)C)c3ccc(CC(C)(C)C)cc13)Oc1cc3cccc(C(C)C)c3c3cc[n+](C)c-2c13. The highest BCUT2D eigenvalue weighted by Crippen LogP contribution is 2.53. The predicted octanol–water partition coefficient (Wildman–Crippen LogP) is 9.96. The van der Waals surface area contributed by atoms with Gasteiger partial charge in [0.1, 0.15) is 18.5 Å². The van der Waals surface area contributed by atoms with Crippen LogP contribution in [0.15, 0.2) is 54.7 Å². The maximum atomic E-state index is 7.03. The molecule has 0 aliphatic carbocycles. The monoisotopic (exact) mass is 516 g/mol. The predicted molar refractivity (Wildman–Crippen MR) is 166 cm³/mol. The average molecular weight is 517 g/mol. The van der Waals surface area contributed by atoms with Gasteiger partial charge in [0.05, 0.1) is 10.9 Å². The number of hydrogen-bond donors (Lipinski definition) is 0. The van der Waals surface area contributed by atoms with Gasteiger partial charge in [-0.05, 0) is 81.3 Å². The Morgan fingerprint density at radius 2 is 1.64 bits per heavy atom. The summed E-state index contributed by atoms with van der Waals surface area (Å²) in [6.07, 6.45) is 4.29. The third-order valence-electron chi connectivity index (χ3n) is 8.36. The first-order chi connectivity index (χ1) is 18.4. The van der Waals surface area contributed by atoms with E-state index in [0.29, 0.717) is 11.8 Å². The third kappa shape index (κ3) is 4.20. The summed E-state index contributed by atoms with van der Waals surface area (Å²) in [7, 11) is 2.19. The highest BCUT2D eigenvalue weighted by molar-refractivity contribution is 6.17. The summed E-state index contributed by atoms with van der Waals surface area (Å²) in [4.78, 5) is 0. The number of rotatable bonds is 4. The molecule has 200 valence electrons. The van der Waals surface area contributed by atoms with E-state index in [4.69, 9.17) is 4.74 Å². The van der Waals surface area contributed by atoms with Crippen molar-refractivity contribution in [2.45, 2.75) is 74.1 Å². The molecular formula is C37H42NO+. The lowest BCUT2D eigenvalue weighted by molar-refractivity contribution is -0.659. The van der Waals surface area contributed by atoms with Crippen molar-refractivity contribution in [1.29, 1.82) is 0 Å². The van der Waals surface area contributed by atoms with Crippen LogP contribution >= 0.6 is 0 Å². The first-order valence-electron chi connectivity index (χ1n) is 14.6. The molecule has 2 nitrogen and oxygen atoms in total. The summed E-state index contributed by atoms with van der Waals surface area (Å²) >= 11 is 0. The Balaban J connectivity index is 1.76. The van der Waals surface area contributed by atoms with Crippen LogP contribution in [0.2, 0.25) is 0 Å². The van der Waals surface area contributed by atoms with Crippen LogP contribution in [0.25, 0.3) is 43.6 Å².